The minimum atomic E-state index is 0.554. The number of nitrogens with one attached hydrogen (secondary N) is 1. The van der Waals surface area contributed by atoms with E-state index in [1.54, 1.807) is 13.4 Å². The first-order chi connectivity index (χ1) is 9.78. The molecule has 0 saturated carbocycles. The van der Waals surface area contributed by atoms with Crippen molar-refractivity contribution in [3.8, 4) is 5.75 Å². The second kappa shape index (κ2) is 7.45. The fourth-order valence-corrected chi connectivity index (χ4v) is 1.73. The molecular weight excluding hydrogens is 254 g/mol. The van der Waals surface area contributed by atoms with Crippen LogP contribution in [-0.2, 0) is 11.3 Å². The van der Waals surface area contributed by atoms with Gasteiger partial charge in [0.05, 0.1) is 6.61 Å². The van der Waals surface area contributed by atoms with Crippen LogP contribution in [0, 0.1) is 6.92 Å². The highest BCUT2D eigenvalue weighted by molar-refractivity contribution is 5.37. The van der Waals surface area contributed by atoms with Crippen LogP contribution in [0.25, 0.3) is 0 Å². The fourth-order valence-electron chi connectivity index (χ4n) is 1.73. The Kier molecular flexibility index (Phi) is 5.32. The summed E-state index contributed by atoms with van der Waals surface area (Å²) in [4.78, 5) is 8.24. The smallest absolute Gasteiger partial charge is 0.129 e. The second-order valence-electron chi connectivity index (χ2n) is 4.39. The second-order valence-corrected chi connectivity index (χ2v) is 4.39. The molecule has 1 aromatic heterocycles. The maximum Gasteiger partial charge on any atom is 0.129 e. The van der Waals surface area contributed by atoms with Gasteiger partial charge >= 0.3 is 0 Å². The maximum absolute atomic E-state index is 5.58. The van der Waals surface area contributed by atoms with Gasteiger partial charge in [0.1, 0.15) is 24.5 Å². The molecule has 2 aromatic rings. The Morgan fingerprint density at radius 1 is 1.15 bits per heavy atom. The quantitative estimate of drug-likeness (QED) is 0.785. The molecule has 0 aliphatic heterocycles. The number of aromatic nitrogens is 2. The Balaban J connectivity index is 1.91. The number of rotatable bonds is 7. The Morgan fingerprint density at radius 3 is 2.85 bits per heavy atom. The molecule has 20 heavy (non-hydrogen) atoms. The number of benzene rings is 1. The van der Waals surface area contributed by atoms with E-state index < -0.39 is 0 Å². The molecule has 0 amide bonds. The van der Waals surface area contributed by atoms with E-state index in [1.165, 1.54) is 0 Å². The lowest BCUT2D eigenvalue weighted by molar-refractivity contribution is 0.146. The first-order valence-electron chi connectivity index (χ1n) is 6.51. The molecule has 0 aliphatic carbocycles. The van der Waals surface area contributed by atoms with Crippen molar-refractivity contribution in [2.45, 2.75) is 13.5 Å². The van der Waals surface area contributed by atoms with E-state index in [4.69, 9.17) is 9.47 Å². The van der Waals surface area contributed by atoms with Crippen LogP contribution in [0.1, 0.15) is 11.3 Å². The van der Waals surface area contributed by atoms with Crippen LogP contribution in [0.2, 0.25) is 0 Å². The molecular formula is C15H19N3O2. The summed E-state index contributed by atoms with van der Waals surface area (Å²) in [5.74, 6) is 1.67. The van der Waals surface area contributed by atoms with Crippen LogP contribution < -0.4 is 10.1 Å². The number of aryl methyl sites for hydroxylation is 1. The highest BCUT2D eigenvalue weighted by Crippen LogP contribution is 2.14. The number of hydrogen-bond acceptors (Lipinski definition) is 5. The minimum Gasteiger partial charge on any atom is -0.491 e. The van der Waals surface area contributed by atoms with E-state index in [1.807, 2.05) is 37.3 Å². The maximum atomic E-state index is 5.58. The first-order valence-corrected chi connectivity index (χ1v) is 6.51. The summed E-state index contributed by atoms with van der Waals surface area (Å²) in [6.07, 6.45) is 1.56. The number of hydrogen-bond donors (Lipinski definition) is 1. The van der Waals surface area contributed by atoms with E-state index >= 15 is 0 Å². The van der Waals surface area contributed by atoms with E-state index in [0.717, 1.165) is 22.8 Å². The SMILES string of the molecule is COCCOc1cccc(CNc2cc(C)ncn2)c1. The van der Waals surface area contributed by atoms with E-state index in [9.17, 15) is 0 Å². The van der Waals surface area contributed by atoms with Crippen molar-refractivity contribution < 1.29 is 9.47 Å². The molecule has 5 heteroatoms. The normalized spacial score (nSPS) is 10.3. The molecule has 0 saturated heterocycles. The topological polar surface area (TPSA) is 56.3 Å². The third-order valence-electron chi connectivity index (χ3n) is 2.73. The average Bonchev–Trinajstić information content (AvgIpc) is 2.46. The largest absolute Gasteiger partial charge is 0.491 e. The van der Waals surface area contributed by atoms with E-state index in [0.29, 0.717) is 19.8 Å². The van der Waals surface area contributed by atoms with Crippen LogP contribution in [-0.4, -0.2) is 30.3 Å². The van der Waals surface area contributed by atoms with E-state index in [-0.39, 0.29) is 0 Å². The standard InChI is InChI=1S/C15H19N3O2/c1-12-8-15(18-11-17-12)16-10-13-4-3-5-14(9-13)20-7-6-19-2/h3-5,8-9,11H,6-7,10H2,1-2H3,(H,16,17,18). The zero-order valence-corrected chi connectivity index (χ0v) is 11.8. The zero-order chi connectivity index (χ0) is 14.2. The number of ether oxygens (including phenoxy) is 2. The molecule has 0 aliphatic rings. The third-order valence-corrected chi connectivity index (χ3v) is 2.73. The highest BCUT2D eigenvalue weighted by atomic mass is 16.5. The van der Waals surface area contributed by atoms with Gasteiger partial charge in [0.25, 0.3) is 0 Å². The van der Waals surface area contributed by atoms with Gasteiger partial charge in [0.2, 0.25) is 0 Å². The summed E-state index contributed by atoms with van der Waals surface area (Å²) in [5, 5.41) is 3.26. The van der Waals surface area contributed by atoms with Crippen molar-refractivity contribution in [1.82, 2.24) is 9.97 Å². The molecule has 0 spiro atoms. The fraction of sp³-hybridized carbons (Fsp3) is 0.333. The van der Waals surface area contributed by atoms with Gasteiger partial charge in [-0.3, -0.25) is 0 Å². The van der Waals surface area contributed by atoms with Crippen molar-refractivity contribution in [2.75, 3.05) is 25.6 Å². The van der Waals surface area contributed by atoms with Gasteiger partial charge in [-0.1, -0.05) is 12.1 Å². The summed E-state index contributed by atoms with van der Waals surface area (Å²) >= 11 is 0. The Hall–Kier alpha value is -2.14. The van der Waals surface area contributed by atoms with Gasteiger partial charge in [-0.15, -0.1) is 0 Å². The summed E-state index contributed by atoms with van der Waals surface area (Å²) in [6, 6.07) is 9.89. The summed E-state index contributed by atoms with van der Waals surface area (Å²) in [5.41, 5.74) is 2.08. The molecule has 0 atom stereocenters. The number of nitrogens with zero attached hydrogens (tertiary/aromatic N) is 2. The van der Waals surface area contributed by atoms with Crippen molar-refractivity contribution in [1.29, 1.82) is 0 Å². The zero-order valence-electron chi connectivity index (χ0n) is 11.8. The monoisotopic (exact) mass is 273 g/mol. The predicted octanol–water partition coefficient (Wildman–Crippen LogP) is 2.42. The molecule has 1 heterocycles. The Bertz CT molecular complexity index is 546. The van der Waals surface area contributed by atoms with Crippen LogP contribution in [0.5, 0.6) is 5.75 Å². The van der Waals surface area contributed by atoms with Gasteiger partial charge in [0, 0.05) is 25.4 Å². The predicted molar refractivity (Wildman–Crippen MR) is 77.9 cm³/mol. The van der Waals surface area contributed by atoms with Gasteiger partial charge in [-0.25, -0.2) is 9.97 Å². The molecule has 5 nitrogen and oxygen atoms in total. The molecule has 106 valence electrons. The van der Waals surface area contributed by atoms with Gasteiger partial charge in [-0.2, -0.15) is 0 Å². The first kappa shape index (κ1) is 14.3. The average molecular weight is 273 g/mol. The van der Waals surface area contributed by atoms with Crippen LogP contribution in [0.15, 0.2) is 36.7 Å². The van der Waals surface area contributed by atoms with Crippen molar-refractivity contribution >= 4 is 5.82 Å². The number of methoxy groups -OCH3 is 1. The highest BCUT2D eigenvalue weighted by Gasteiger charge is 1.99. The molecule has 0 fully saturated rings. The lowest BCUT2D eigenvalue weighted by Gasteiger charge is -2.09. The van der Waals surface area contributed by atoms with Crippen molar-refractivity contribution in [3.05, 3.63) is 47.9 Å². The molecule has 0 unspecified atom stereocenters. The van der Waals surface area contributed by atoms with Crippen LogP contribution in [0.3, 0.4) is 0 Å². The van der Waals surface area contributed by atoms with Crippen LogP contribution in [0.4, 0.5) is 5.82 Å². The molecule has 2 rings (SSSR count). The molecule has 0 bridgehead atoms. The van der Waals surface area contributed by atoms with Crippen LogP contribution >= 0.6 is 0 Å². The molecule has 0 radical (unpaired) electrons. The molecule has 1 aromatic carbocycles. The Labute approximate surface area is 119 Å². The lowest BCUT2D eigenvalue weighted by atomic mass is 10.2. The van der Waals surface area contributed by atoms with Gasteiger partial charge in [0.15, 0.2) is 0 Å². The summed E-state index contributed by atoms with van der Waals surface area (Å²) in [6.45, 7) is 3.77. The van der Waals surface area contributed by atoms with E-state index in [2.05, 4.69) is 15.3 Å². The lowest BCUT2D eigenvalue weighted by Crippen LogP contribution is -2.05. The Morgan fingerprint density at radius 2 is 2.05 bits per heavy atom. The summed E-state index contributed by atoms with van der Waals surface area (Å²) in [7, 11) is 1.66. The minimum absolute atomic E-state index is 0.554. The van der Waals surface area contributed by atoms with Gasteiger partial charge < -0.3 is 14.8 Å². The summed E-state index contributed by atoms with van der Waals surface area (Å²) < 4.78 is 10.5. The third kappa shape index (κ3) is 4.51. The molecule has 1 N–H and O–H groups in total. The number of anilines is 1. The van der Waals surface area contributed by atoms with Crippen molar-refractivity contribution in [2.24, 2.45) is 0 Å². The van der Waals surface area contributed by atoms with Crippen molar-refractivity contribution in [3.63, 3.8) is 0 Å². The van der Waals surface area contributed by atoms with Gasteiger partial charge in [-0.05, 0) is 24.6 Å².